The highest BCUT2D eigenvalue weighted by Crippen LogP contribution is 2.30. The van der Waals surface area contributed by atoms with Gasteiger partial charge in [0.25, 0.3) is 5.79 Å². The molecule has 4 nitrogen and oxygen atoms in total. The molecule has 0 saturated carbocycles. The van der Waals surface area contributed by atoms with Crippen LogP contribution in [0.2, 0.25) is 0 Å². The van der Waals surface area contributed by atoms with Gasteiger partial charge in [-0.2, -0.15) is 0 Å². The molecule has 1 fully saturated rings. The van der Waals surface area contributed by atoms with E-state index in [0.717, 1.165) is 0 Å². The summed E-state index contributed by atoms with van der Waals surface area (Å²) < 4.78 is 24.2. The number of benzene rings is 1. The van der Waals surface area contributed by atoms with Gasteiger partial charge in [-0.3, -0.25) is 0 Å². The molecule has 0 aliphatic carbocycles. The number of thiophene rings is 1. The van der Waals surface area contributed by atoms with Gasteiger partial charge in [-0.15, -0.1) is 11.3 Å². The van der Waals surface area contributed by atoms with E-state index in [1.807, 2.05) is 0 Å². The van der Waals surface area contributed by atoms with Crippen LogP contribution in [0, 0.1) is 5.82 Å². The highest BCUT2D eigenvalue weighted by atomic mass is 32.1. The minimum Gasteiger partial charge on any atom is -0.419 e. The Hall–Kier alpha value is -2.21. The monoisotopic (exact) mass is 306 g/mol. The Morgan fingerprint density at radius 3 is 2.48 bits per heavy atom. The van der Waals surface area contributed by atoms with E-state index in [9.17, 15) is 14.0 Å². The van der Waals surface area contributed by atoms with Crippen LogP contribution in [0.4, 0.5) is 4.39 Å². The van der Waals surface area contributed by atoms with E-state index >= 15 is 0 Å². The average molecular weight is 306 g/mol. The number of carbonyl (C=O) groups is 2. The first-order valence-corrected chi connectivity index (χ1v) is 7.09. The summed E-state index contributed by atoms with van der Waals surface area (Å²) in [7, 11) is 0. The maximum atomic E-state index is 13.6. The van der Waals surface area contributed by atoms with E-state index in [-0.39, 0.29) is 11.4 Å². The molecule has 0 amide bonds. The van der Waals surface area contributed by atoms with Gasteiger partial charge >= 0.3 is 11.9 Å². The Labute approximate surface area is 123 Å². The van der Waals surface area contributed by atoms with Crippen LogP contribution in [0.3, 0.4) is 0 Å². The smallest absolute Gasteiger partial charge is 0.348 e. The first-order valence-electron chi connectivity index (χ1n) is 6.21. The second-order valence-corrected chi connectivity index (χ2v) is 5.95. The normalized spacial score (nSPS) is 17.6. The standard InChI is InChI=1S/C15H11FO4S/c1-15(2)19-13(17)10(14(18)20-15)7-8-3-4-11(16)12-9(8)5-6-21-12/h3-7H,1-2H3. The van der Waals surface area contributed by atoms with Gasteiger partial charge in [0.2, 0.25) is 0 Å². The number of carbonyl (C=O) groups excluding carboxylic acids is 2. The molecule has 0 bridgehead atoms. The van der Waals surface area contributed by atoms with Crippen LogP contribution >= 0.6 is 11.3 Å². The number of ether oxygens (including phenoxy) is 2. The zero-order valence-corrected chi connectivity index (χ0v) is 12.1. The maximum Gasteiger partial charge on any atom is 0.348 e. The van der Waals surface area contributed by atoms with Crippen LogP contribution < -0.4 is 0 Å². The predicted molar refractivity (Wildman–Crippen MR) is 76.0 cm³/mol. The zero-order chi connectivity index (χ0) is 15.2. The van der Waals surface area contributed by atoms with Crippen LogP contribution in [0.25, 0.3) is 16.2 Å². The molecule has 2 heterocycles. The minimum atomic E-state index is -1.27. The van der Waals surface area contributed by atoms with Crippen LogP contribution in [0.5, 0.6) is 0 Å². The lowest BCUT2D eigenvalue weighted by Crippen LogP contribution is -2.41. The van der Waals surface area contributed by atoms with E-state index in [1.165, 1.54) is 43.4 Å². The molecular formula is C15H11FO4S. The molecule has 1 aromatic carbocycles. The summed E-state index contributed by atoms with van der Waals surface area (Å²) in [4.78, 5) is 23.8. The topological polar surface area (TPSA) is 52.6 Å². The molecule has 21 heavy (non-hydrogen) atoms. The van der Waals surface area contributed by atoms with Crippen LogP contribution in [0.15, 0.2) is 29.2 Å². The van der Waals surface area contributed by atoms with Crippen molar-refractivity contribution in [1.82, 2.24) is 0 Å². The molecule has 0 N–H and O–H groups in total. The summed E-state index contributed by atoms with van der Waals surface area (Å²) >= 11 is 1.25. The van der Waals surface area contributed by atoms with Crippen molar-refractivity contribution in [2.24, 2.45) is 0 Å². The summed E-state index contributed by atoms with van der Waals surface area (Å²) in [6, 6.07) is 4.55. The molecule has 1 saturated heterocycles. The average Bonchev–Trinajstić information content (AvgIpc) is 2.85. The lowest BCUT2D eigenvalue weighted by Gasteiger charge is -2.29. The number of halogens is 1. The van der Waals surface area contributed by atoms with E-state index in [1.54, 1.807) is 11.4 Å². The fourth-order valence-corrected chi connectivity index (χ4v) is 2.94. The Morgan fingerprint density at radius 1 is 1.14 bits per heavy atom. The molecular weight excluding hydrogens is 295 g/mol. The Kier molecular flexibility index (Phi) is 3.06. The number of cyclic esters (lactones) is 2. The third-order valence-electron chi connectivity index (χ3n) is 3.02. The minimum absolute atomic E-state index is 0.201. The first kappa shape index (κ1) is 13.8. The summed E-state index contributed by atoms with van der Waals surface area (Å²) in [6.45, 7) is 2.96. The third kappa shape index (κ3) is 2.42. The molecule has 2 aromatic rings. The SMILES string of the molecule is CC1(C)OC(=O)C(=Cc2ccc(F)c3sccc23)C(=O)O1. The summed E-state index contributed by atoms with van der Waals surface area (Å²) in [5.41, 5.74) is 0.365. The molecule has 0 atom stereocenters. The Morgan fingerprint density at radius 2 is 1.81 bits per heavy atom. The van der Waals surface area contributed by atoms with Gasteiger partial charge in [0.15, 0.2) is 0 Å². The van der Waals surface area contributed by atoms with Gasteiger partial charge < -0.3 is 9.47 Å². The second kappa shape index (κ2) is 4.66. The fourth-order valence-electron chi connectivity index (χ4n) is 2.11. The number of hydrogen-bond donors (Lipinski definition) is 0. The van der Waals surface area contributed by atoms with Gasteiger partial charge in [-0.05, 0) is 29.2 Å². The van der Waals surface area contributed by atoms with Gasteiger partial charge in [0.05, 0.1) is 4.70 Å². The van der Waals surface area contributed by atoms with E-state index in [0.29, 0.717) is 15.6 Å². The van der Waals surface area contributed by atoms with Gasteiger partial charge in [0, 0.05) is 19.2 Å². The number of rotatable bonds is 1. The van der Waals surface area contributed by atoms with E-state index in [2.05, 4.69) is 0 Å². The molecule has 0 unspecified atom stereocenters. The first-order chi connectivity index (χ1) is 9.87. The van der Waals surface area contributed by atoms with Crippen molar-refractivity contribution < 1.29 is 23.5 Å². The number of fused-ring (bicyclic) bond motifs is 1. The lowest BCUT2D eigenvalue weighted by molar-refractivity contribution is -0.222. The Balaban J connectivity index is 2.08. The lowest BCUT2D eigenvalue weighted by atomic mass is 10.1. The quantitative estimate of drug-likeness (QED) is 0.461. The zero-order valence-electron chi connectivity index (χ0n) is 11.3. The summed E-state index contributed by atoms with van der Waals surface area (Å²) in [6.07, 6.45) is 1.37. The summed E-state index contributed by atoms with van der Waals surface area (Å²) in [5, 5.41) is 2.38. The maximum absolute atomic E-state index is 13.6. The highest BCUT2D eigenvalue weighted by Gasteiger charge is 2.38. The molecule has 0 radical (unpaired) electrons. The Bertz CT molecular complexity index is 766. The number of esters is 2. The van der Waals surface area contributed by atoms with Crippen molar-refractivity contribution in [1.29, 1.82) is 0 Å². The second-order valence-electron chi connectivity index (χ2n) is 5.04. The molecule has 1 aromatic heterocycles. The van der Waals surface area contributed by atoms with Crippen molar-refractivity contribution in [3.05, 3.63) is 40.5 Å². The van der Waals surface area contributed by atoms with E-state index in [4.69, 9.17) is 9.47 Å². The largest absolute Gasteiger partial charge is 0.419 e. The number of hydrogen-bond acceptors (Lipinski definition) is 5. The van der Waals surface area contributed by atoms with Crippen molar-refractivity contribution in [2.45, 2.75) is 19.6 Å². The van der Waals surface area contributed by atoms with Crippen LogP contribution in [-0.4, -0.2) is 17.7 Å². The predicted octanol–water partition coefficient (Wildman–Crippen LogP) is 3.26. The van der Waals surface area contributed by atoms with Gasteiger partial charge in [0.1, 0.15) is 11.4 Å². The molecule has 108 valence electrons. The van der Waals surface area contributed by atoms with Crippen LogP contribution in [0.1, 0.15) is 19.4 Å². The van der Waals surface area contributed by atoms with Crippen LogP contribution in [-0.2, 0) is 19.1 Å². The molecule has 1 aliphatic heterocycles. The summed E-state index contributed by atoms with van der Waals surface area (Å²) in [5.74, 6) is -3.10. The highest BCUT2D eigenvalue weighted by molar-refractivity contribution is 7.17. The van der Waals surface area contributed by atoms with Gasteiger partial charge in [-0.25, -0.2) is 14.0 Å². The van der Waals surface area contributed by atoms with Gasteiger partial charge in [-0.1, -0.05) is 6.07 Å². The third-order valence-corrected chi connectivity index (χ3v) is 3.94. The molecule has 3 rings (SSSR count). The van der Waals surface area contributed by atoms with Crippen molar-refractivity contribution >= 4 is 39.4 Å². The van der Waals surface area contributed by atoms with Crippen molar-refractivity contribution in [3.8, 4) is 0 Å². The molecule has 0 spiro atoms. The van der Waals surface area contributed by atoms with Crippen molar-refractivity contribution in [3.63, 3.8) is 0 Å². The molecule has 6 heteroatoms. The van der Waals surface area contributed by atoms with Crippen molar-refractivity contribution in [2.75, 3.05) is 0 Å². The van der Waals surface area contributed by atoms with E-state index < -0.39 is 17.7 Å². The molecule has 1 aliphatic rings. The fraction of sp³-hybridized carbons (Fsp3) is 0.200.